The van der Waals surface area contributed by atoms with E-state index in [4.69, 9.17) is 9.72 Å². The van der Waals surface area contributed by atoms with E-state index in [9.17, 15) is 0 Å². The molecule has 2 aliphatic heterocycles. The van der Waals surface area contributed by atoms with Gasteiger partial charge in [0.1, 0.15) is 5.82 Å². The van der Waals surface area contributed by atoms with E-state index >= 15 is 0 Å². The summed E-state index contributed by atoms with van der Waals surface area (Å²) >= 11 is 0. The molecule has 9 rings (SSSR count). The predicted molar refractivity (Wildman–Crippen MR) is 204 cm³/mol. The first-order chi connectivity index (χ1) is 24.3. The molecule has 0 saturated heterocycles. The quantitative estimate of drug-likeness (QED) is 0.129. The summed E-state index contributed by atoms with van der Waals surface area (Å²) in [6.45, 7) is 8.81. The summed E-state index contributed by atoms with van der Waals surface area (Å²) in [5.74, 6) is 3.16. The molecular weight excluding hydrogens is 808 g/mol. The van der Waals surface area contributed by atoms with Gasteiger partial charge in [-0.2, -0.15) is 12.1 Å². The summed E-state index contributed by atoms with van der Waals surface area (Å²) in [5, 5.41) is 2.25. The zero-order valence-electron chi connectivity index (χ0n) is 28.8. The van der Waals surface area contributed by atoms with Gasteiger partial charge in [-0.15, -0.1) is 47.5 Å². The molecule has 51 heavy (non-hydrogen) atoms. The van der Waals surface area contributed by atoms with Crippen molar-refractivity contribution in [2.45, 2.75) is 26.2 Å². The number of para-hydroxylation sites is 2. The van der Waals surface area contributed by atoms with E-state index in [1.807, 2.05) is 24.4 Å². The van der Waals surface area contributed by atoms with Gasteiger partial charge in [-0.1, -0.05) is 98.5 Å². The third-order valence-corrected chi connectivity index (χ3v) is 9.74. The van der Waals surface area contributed by atoms with Gasteiger partial charge in [0.2, 0.25) is 0 Å². The second kappa shape index (κ2) is 12.8. The number of benzene rings is 5. The average Bonchev–Trinajstić information content (AvgIpc) is 3.73. The fourth-order valence-corrected chi connectivity index (χ4v) is 7.21. The fraction of sp³-hybridized carbons (Fsp3) is 0.116. The van der Waals surface area contributed by atoms with Gasteiger partial charge < -0.3 is 23.9 Å². The molecule has 6 nitrogen and oxygen atoms in total. The van der Waals surface area contributed by atoms with E-state index in [-0.39, 0.29) is 33.3 Å². The van der Waals surface area contributed by atoms with Crippen molar-refractivity contribution < 1.29 is 25.8 Å². The van der Waals surface area contributed by atoms with Crippen molar-refractivity contribution in [1.29, 1.82) is 0 Å². The van der Waals surface area contributed by atoms with Gasteiger partial charge in [-0.25, -0.2) is 4.98 Å². The minimum Gasteiger partial charge on any atom is -0.509 e. The van der Waals surface area contributed by atoms with Gasteiger partial charge in [-0.3, -0.25) is 0 Å². The molecule has 0 saturated carbocycles. The number of hydrogen-bond acceptors (Lipinski definition) is 5. The molecule has 0 unspecified atom stereocenters. The third kappa shape index (κ3) is 5.70. The molecule has 0 atom stereocenters. The summed E-state index contributed by atoms with van der Waals surface area (Å²) in [6.07, 6.45) is 4.08. The Bertz CT molecular complexity index is 2420. The Balaban J connectivity index is 0.00000374. The minimum atomic E-state index is -0.00893. The predicted octanol–water partition coefficient (Wildman–Crippen LogP) is 8.16. The van der Waals surface area contributed by atoms with Crippen molar-refractivity contribution in [3.05, 3.63) is 164 Å². The van der Waals surface area contributed by atoms with E-state index in [0.717, 1.165) is 50.3 Å². The van der Waals surface area contributed by atoms with Crippen molar-refractivity contribution in [3.63, 3.8) is 0 Å². The maximum absolute atomic E-state index is 6.61. The summed E-state index contributed by atoms with van der Waals surface area (Å²) < 4.78 is 8.81. The fourth-order valence-electron chi connectivity index (χ4n) is 7.21. The number of pyridine rings is 1. The number of anilines is 2. The minimum absolute atomic E-state index is 0. The SMILES string of the molecule is CN1B(c2ccccc2)c2ccc(Oc3[c-]c4c(cc3)c3ccccc3n4-c3cc(C(C)(C)C)ccn3)[c-]c2N2[CH-]N(c3ccccc3)C=C12.[Pt]. The number of ether oxygens (including phenoxy) is 1. The van der Waals surface area contributed by atoms with Crippen molar-refractivity contribution in [1.82, 2.24) is 14.4 Å². The van der Waals surface area contributed by atoms with Crippen LogP contribution in [0.3, 0.4) is 0 Å². The van der Waals surface area contributed by atoms with Crippen LogP contribution in [0.5, 0.6) is 11.5 Å². The molecule has 5 aromatic carbocycles. The van der Waals surface area contributed by atoms with Gasteiger partial charge in [0.25, 0.3) is 6.85 Å². The van der Waals surface area contributed by atoms with Gasteiger partial charge >= 0.3 is 0 Å². The van der Waals surface area contributed by atoms with E-state index in [0.29, 0.717) is 11.5 Å². The first-order valence-electron chi connectivity index (χ1n) is 17.0. The summed E-state index contributed by atoms with van der Waals surface area (Å²) in [5.41, 5.74) is 7.63. The van der Waals surface area contributed by atoms with Gasteiger partial charge in [-0.05, 0) is 53.7 Å². The van der Waals surface area contributed by atoms with Crippen LogP contribution in [0.25, 0.3) is 27.6 Å². The number of nitrogens with zero attached hydrogens (tertiary/aromatic N) is 5. The van der Waals surface area contributed by atoms with E-state index in [1.54, 1.807) is 0 Å². The van der Waals surface area contributed by atoms with Crippen LogP contribution >= 0.6 is 0 Å². The maximum atomic E-state index is 6.61. The monoisotopic (exact) mass is 843 g/mol. The Labute approximate surface area is 314 Å². The molecule has 0 fully saturated rings. The maximum Gasteiger partial charge on any atom is 0.254 e. The molecule has 0 amide bonds. The van der Waals surface area contributed by atoms with Crippen LogP contribution in [-0.2, 0) is 26.5 Å². The van der Waals surface area contributed by atoms with Gasteiger partial charge in [0.15, 0.2) is 0 Å². The molecule has 7 aromatic rings. The van der Waals surface area contributed by atoms with E-state index < -0.39 is 0 Å². The summed E-state index contributed by atoms with van der Waals surface area (Å²) in [4.78, 5) is 11.5. The molecule has 0 spiro atoms. The zero-order chi connectivity index (χ0) is 34.0. The molecule has 0 N–H and O–H groups in total. The second-order valence-electron chi connectivity index (χ2n) is 14.0. The van der Waals surface area contributed by atoms with Crippen LogP contribution < -0.4 is 25.5 Å². The van der Waals surface area contributed by atoms with Crippen molar-refractivity contribution in [2.24, 2.45) is 0 Å². The summed E-state index contributed by atoms with van der Waals surface area (Å²) in [6, 6.07) is 49.3. The Morgan fingerprint density at radius 3 is 2.25 bits per heavy atom. The molecule has 2 aliphatic rings. The van der Waals surface area contributed by atoms with E-state index in [1.165, 1.54) is 11.0 Å². The number of rotatable bonds is 5. The van der Waals surface area contributed by atoms with Crippen LogP contribution in [0.1, 0.15) is 26.3 Å². The zero-order valence-corrected chi connectivity index (χ0v) is 31.1. The van der Waals surface area contributed by atoms with Crippen molar-refractivity contribution in [2.75, 3.05) is 16.8 Å². The first kappa shape index (κ1) is 32.9. The Hall–Kier alpha value is -5.26. The molecule has 8 heteroatoms. The van der Waals surface area contributed by atoms with Crippen molar-refractivity contribution >= 4 is 51.0 Å². The number of fused-ring (bicyclic) bond motifs is 6. The molecule has 2 aromatic heterocycles. The van der Waals surface area contributed by atoms with Crippen LogP contribution in [0.4, 0.5) is 11.4 Å². The largest absolute Gasteiger partial charge is 0.509 e. The normalized spacial score (nSPS) is 14.0. The van der Waals surface area contributed by atoms with Gasteiger partial charge in [0.05, 0.1) is 5.82 Å². The van der Waals surface area contributed by atoms with Gasteiger partial charge in [0, 0.05) is 56.2 Å². The van der Waals surface area contributed by atoms with E-state index in [2.05, 4.69) is 175 Å². The molecule has 254 valence electrons. The number of hydrogen-bond donors (Lipinski definition) is 0. The molecule has 0 radical (unpaired) electrons. The number of aromatic nitrogens is 2. The molecule has 0 bridgehead atoms. The Morgan fingerprint density at radius 2 is 1.47 bits per heavy atom. The second-order valence-corrected chi connectivity index (χ2v) is 14.0. The molecular formula is C43H35BN5OPt-3. The van der Waals surface area contributed by atoms with Crippen LogP contribution in [-0.4, -0.2) is 28.3 Å². The smallest absolute Gasteiger partial charge is 0.254 e. The topological polar surface area (TPSA) is 36.8 Å². The van der Waals surface area contributed by atoms with Crippen molar-refractivity contribution in [3.8, 4) is 17.3 Å². The molecule has 0 aliphatic carbocycles. The Morgan fingerprint density at radius 1 is 0.765 bits per heavy atom. The third-order valence-electron chi connectivity index (χ3n) is 9.74. The first-order valence-corrected chi connectivity index (χ1v) is 17.0. The Kier molecular flexibility index (Phi) is 8.27. The van der Waals surface area contributed by atoms with Crippen LogP contribution in [0.2, 0.25) is 0 Å². The van der Waals surface area contributed by atoms with Crippen LogP contribution in [0.15, 0.2) is 140 Å². The molecule has 4 heterocycles. The summed E-state index contributed by atoms with van der Waals surface area (Å²) in [7, 11) is 2.15. The average molecular weight is 844 g/mol. The standard InChI is InChI=1S/C43H35BN5O.Pt/c1-43(2,3)30-23-24-45-41(25-30)49-38-18-12-11-17-35(38)36-21-19-33(26-39(36)49)50-34-20-22-37-40(27-34)48-29-47(32-15-9-6-10-16-32)28-42(48)46(4)44(37)31-13-7-5-8-14-31;/h5-25,28-29H,1-4H3;/q-3;. The van der Waals surface area contributed by atoms with Crippen LogP contribution in [0, 0.1) is 18.8 Å².